The summed E-state index contributed by atoms with van der Waals surface area (Å²) in [4.78, 5) is 0. The molecule has 1 heterocycles. The highest BCUT2D eigenvalue weighted by Gasteiger charge is 2.14. The lowest BCUT2D eigenvalue weighted by Crippen LogP contribution is -2.22. The second kappa shape index (κ2) is 7.91. The minimum atomic E-state index is 0.414. The van der Waals surface area contributed by atoms with Crippen LogP contribution in [0.15, 0.2) is 47.1 Å². The maximum absolute atomic E-state index is 5.45. The largest absolute Gasteiger partial charge is 0.469 e. The fraction of sp³-hybridized carbons (Fsp3) is 0.444. The molecule has 1 aromatic carbocycles. The van der Waals surface area contributed by atoms with Crippen molar-refractivity contribution in [2.24, 2.45) is 0 Å². The highest BCUT2D eigenvalue weighted by Crippen LogP contribution is 2.23. The third kappa shape index (κ3) is 4.24. The highest BCUT2D eigenvalue weighted by atomic mass is 16.3. The van der Waals surface area contributed by atoms with Crippen LogP contribution >= 0.6 is 0 Å². The normalized spacial score (nSPS) is 12.5. The summed E-state index contributed by atoms with van der Waals surface area (Å²) in [5, 5.41) is 3.64. The molecule has 0 bridgehead atoms. The van der Waals surface area contributed by atoms with E-state index < -0.39 is 0 Å². The second-order valence-electron chi connectivity index (χ2n) is 5.32. The molecule has 0 aliphatic carbocycles. The van der Waals surface area contributed by atoms with Gasteiger partial charge >= 0.3 is 0 Å². The molecule has 0 aliphatic rings. The quantitative estimate of drug-likeness (QED) is 0.756. The van der Waals surface area contributed by atoms with Crippen molar-refractivity contribution in [1.82, 2.24) is 5.32 Å². The molecule has 0 saturated heterocycles. The molecule has 0 aliphatic heterocycles. The number of hydrogen-bond donors (Lipinski definition) is 1. The molecular weight excluding hydrogens is 246 g/mol. The molecule has 2 nitrogen and oxygen atoms in total. The Bertz CT molecular complexity index is 489. The molecule has 0 radical (unpaired) electrons. The Morgan fingerprint density at radius 1 is 1.15 bits per heavy atom. The van der Waals surface area contributed by atoms with Crippen molar-refractivity contribution in [1.29, 1.82) is 0 Å². The average Bonchev–Trinajstić information content (AvgIpc) is 2.90. The zero-order chi connectivity index (χ0) is 14.2. The van der Waals surface area contributed by atoms with Gasteiger partial charge in [0.05, 0.1) is 6.26 Å². The van der Waals surface area contributed by atoms with Crippen molar-refractivity contribution in [3.05, 3.63) is 59.5 Å². The monoisotopic (exact) mass is 271 g/mol. The molecule has 0 fully saturated rings. The third-order valence-corrected chi connectivity index (χ3v) is 3.72. The number of benzene rings is 1. The number of aryl methyl sites for hydroxylation is 2. The minimum absolute atomic E-state index is 0.414. The first-order chi connectivity index (χ1) is 9.81. The number of hydrogen-bond acceptors (Lipinski definition) is 2. The minimum Gasteiger partial charge on any atom is -0.469 e. The van der Waals surface area contributed by atoms with Gasteiger partial charge in [0.15, 0.2) is 0 Å². The van der Waals surface area contributed by atoms with Crippen LogP contribution in [0.25, 0.3) is 0 Å². The summed E-state index contributed by atoms with van der Waals surface area (Å²) in [6, 6.07) is 13.2. The first-order valence-electron chi connectivity index (χ1n) is 7.62. The Balaban J connectivity index is 1.89. The summed E-state index contributed by atoms with van der Waals surface area (Å²) in [6.07, 6.45) is 6.43. The first-order valence-corrected chi connectivity index (χ1v) is 7.62. The zero-order valence-electron chi connectivity index (χ0n) is 12.6. The van der Waals surface area contributed by atoms with Crippen molar-refractivity contribution in [2.45, 2.75) is 45.6 Å². The predicted molar refractivity (Wildman–Crippen MR) is 83.9 cm³/mol. The molecule has 0 spiro atoms. The van der Waals surface area contributed by atoms with Crippen molar-refractivity contribution in [3.63, 3.8) is 0 Å². The van der Waals surface area contributed by atoms with E-state index in [0.717, 1.165) is 31.6 Å². The Morgan fingerprint density at radius 3 is 2.60 bits per heavy atom. The van der Waals surface area contributed by atoms with Crippen molar-refractivity contribution >= 4 is 0 Å². The van der Waals surface area contributed by atoms with E-state index in [2.05, 4.69) is 48.6 Å². The molecule has 1 atom stereocenters. The lowest BCUT2D eigenvalue weighted by atomic mass is 9.99. The lowest BCUT2D eigenvalue weighted by molar-refractivity contribution is 0.466. The maximum atomic E-state index is 5.45. The Morgan fingerprint density at radius 2 is 1.95 bits per heavy atom. The second-order valence-corrected chi connectivity index (χ2v) is 5.32. The van der Waals surface area contributed by atoms with Gasteiger partial charge in [0, 0.05) is 11.6 Å². The van der Waals surface area contributed by atoms with E-state index in [1.165, 1.54) is 17.5 Å². The molecule has 1 unspecified atom stereocenters. The van der Waals surface area contributed by atoms with E-state index in [-0.39, 0.29) is 0 Å². The molecule has 2 rings (SSSR count). The van der Waals surface area contributed by atoms with Gasteiger partial charge in [-0.3, -0.25) is 0 Å². The molecule has 1 aromatic heterocycles. The molecule has 0 saturated carbocycles. The Labute approximate surface area is 122 Å². The first kappa shape index (κ1) is 14.9. The number of rotatable bonds is 8. The number of furan rings is 1. The van der Waals surface area contributed by atoms with Gasteiger partial charge in [-0.25, -0.2) is 0 Å². The molecule has 2 aromatic rings. The van der Waals surface area contributed by atoms with E-state index in [1.807, 2.05) is 6.92 Å². The SMILES string of the molecule is CCCNC(CCCc1ccccc1)c1ccoc1C. The molecular formula is C18H25NO. The van der Waals surface area contributed by atoms with E-state index in [9.17, 15) is 0 Å². The van der Waals surface area contributed by atoms with Crippen LogP contribution in [0.5, 0.6) is 0 Å². The van der Waals surface area contributed by atoms with Crippen LogP contribution in [-0.2, 0) is 6.42 Å². The summed E-state index contributed by atoms with van der Waals surface area (Å²) in [7, 11) is 0. The summed E-state index contributed by atoms with van der Waals surface area (Å²) < 4.78 is 5.45. The standard InChI is InChI=1S/C18H25NO/c1-3-13-19-18(17-12-14-20-15(17)2)11-7-10-16-8-5-4-6-9-16/h4-6,8-9,12,14,18-19H,3,7,10-11,13H2,1-2H3. The van der Waals surface area contributed by atoms with Crippen LogP contribution in [0, 0.1) is 6.92 Å². The predicted octanol–water partition coefficient (Wildman–Crippen LogP) is 4.65. The smallest absolute Gasteiger partial charge is 0.105 e. The Hall–Kier alpha value is -1.54. The van der Waals surface area contributed by atoms with Gasteiger partial charge in [-0.05, 0) is 50.8 Å². The Kier molecular flexibility index (Phi) is 5.87. The van der Waals surface area contributed by atoms with Gasteiger partial charge in [-0.2, -0.15) is 0 Å². The van der Waals surface area contributed by atoms with Gasteiger partial charge < -0.3 is 9.73 Å². The average molecular weight is 271 g/mol. The van der Waals surface area contributed by atoms with Gasteiger partial charge in [-0.1, -0.05) is 37.3 Å². The summed E-state index contributed by atoms with van der Waals surface area (Å²) in [6.45, 7) is 5.31. The maximum Gasteiger partial charge on any atom is 0.105 e. The van der Waals surface area contributed by atoms with E-state index in [0.29, 0.717) is 6.04 Å². The van der Waals surface area contributed by atoms with E-state index in [1.54, 1.807) is 6.26 Å². The topological polar surface area (TPSA) is 25.2 Å². The van der Waals surface area contributed by atoms with Gasteiger partial charge in [0.1, 0.15) is 5.76 Å². The van der Waals surface area contributed by atoms with Gasteiger partial charge in [-0.15, -0.1) is 0 Å². The highest BCUT2D eigenvalue weighted by molar-refractivity contribution is 5.20. The molecule has 2 heteroatoms. The molecule has 0 amide bonds. The lowest BCUT2D eigenvalue weighted by Gasteiger charge is -2.18. The third-order valence-electron chi connectivity index (χ3n) is 3.72. The van der Waals surface area contributed by atoms with Crippen LogP contribution in [0.1, 0.15) is 49.1 Å². The van der Waals surface area contributed by atoms with Crippen LogP contribution in [0.4, 0.5) is 0 Å². The van der Waals surface area contributed by atoms with E-state index >= 15 is 0 Å². The summed E-state index contributed by atoms with van der Waals surface area (Å²) in [5.74, 6) is 1.04. The van der Waals surface area contributed by atoms with Crippen molar-refractivity contribution < 1.29 is 4.42 Å². The number of nitrogens with one attached hydrogen (secondary N) is 1. The van der Waals surface area contributed by atoms with Crippen LogP contribution in [-0.4, -0.2) is 6.54 Å². The summed E-state index contributed by atoms with van der Waals surface area (Å²) in [5.41, 5.74) is 2.73. The zero-order valence-corrected chi connectivity index (χ0v) is 12.6. The van der Waals surface area contributed by atoms with Crippen LogP contribution in [0.3, 0.4) is 0 Å². The fourth-order valence-corrected chi connectivity index (χ4v) is 2.60. The van der Waals surface area contributed by atoms with Gasteiger partial charge in [0.25, 0.3) is 0 Å². The molecule has 1 N–H and O–H groups in total. The van der Waals surface area contributed by atoms with Crippen LogP contribution in [0.2, 0.25) is 0 Å². The van der Waals surface area contributed by atoms with E-state index in [4.69, 9.17) is 4.42 Å². The van der Waals surface area contributed by atoms with Crippen molar-refractivity contribution in [3.8, 4) is 0 Å². The molecule has 20 heavy (non-hydrogen) atoms. The molecule has 108 valence electrons. The van der Waals surface area contributed by atoms with Crippen molar-refractivity contribution in [2.75, 3.05) is 6.54 Å². The van der Waals surface area contributed by atoms with Gasteiger partial charge in [0.2, 0.25) is 0 Å². The van der Waals surface area contributed by atoms with Crippen LogP contribution < -0.4 is 5.32 Å². The summed E-state index contributed by atoms with van der Waals surface area (Å²) >= 11 is 0. The fourth-order valence-electron chi connectivity index (χ4n) is 2.60.